The number of carbonyl (C=O) groups excluding carboxylic acids is 2. The van der Waals surface area contributed by atoms with Crippen molar-refractivity contribution in [2.75, 3.05) is 25.2 Å². The highest BCUT2D eigenvalue weighted by atomic mass is 79.9. The SMILES string of the molecule is COCCCN1C(=O)C(=O)c2cc(Br)cc(C)c21. The number of methoxy groups -OCH3 is 1. The summed E-state index contributed by atoms with van der Waals surface area (Å²) in [6, 6.07) is 3.62. The van der Waals surface area contributed by atoms with Crippen LogP contribution in [0.4, 0.5) is 5.69 Å². The largest absolute Gasteiger partial charge is 0.385 e. The first-order valence-electron chi connectivity index (χ1n) is 5.71. The van der Waals surface area contributed by atoms with Gasteiger partial charge in [-0.25, -0.2) is 0 Å². The van der Waals surface area contributed by atoms with E-state index >= 15 is 0 Å². The van der Waals surface area contributed by atoms with Gasteiger partial charge in [-0.3, -0.25) is 9.59 Å². The highest BCUT2D eigenvalue weighted by molar-refractivity contribution is 9.10. The Bertz CT molecular complexity index is 513. The van der Waals surface area contributed by atoms with Crippen molar-refractivity contribution in [1.29, 1.82) is 0 Å². The van der Waals surface area contributed by atoms with E-state index in [1.807, 2.05) is 13.0 Å². The van der Waals surface area contributed by atoms with Gasteiger partial charge in [-0.15, -0.1) is 0 Å². The molecular weight excluding hydrogens is 298 g/mol. The number of amides is 1. The van der Waals surface area contributed by atoms with Gasteiger partial charge in [0.15, 0.2) is 0 Å². The van der Waals surface area contributed by atoms with Crippen molar-refractivity contribution in [1.82, 2.24) is 0 Å². The monoisotopic (exact) mass is 311 g/mol. The molecule has 5 heteroatoms. The molecule has 0 atom stereocenters. The van der Waals surface area contributed by atoms with E-state index in [4.69, 9.17) is 4.74 Å². The van der Waals surface area contributed by atoms with E-state index in [1.165, 1.54) is 0 Å². The number of rotatable bonds is 4. The second-order valence-corrected chi connectivity index (χ2v) is 5.17. The first kappa shape index (κ1) is 13.2. The van der Waals surface area contributed by atoms with E-state index in [-0.39, 0.29) is 0 Å². The average Bonchev–Trinajstić information content (AvgIpc) is 2.55. The zero-order chi connectivity index (χ0) is 13.3. The second-order valence-electron chi connectivity index (χ2n) is 4.25. The van der Waals surface area contributed by atoms with Crippen LogP contribution in [0.3, 0.4) is 0 Å². The van der Waals surface area contributed by atoms with Crippen molar-refractivity contribution in [2.24, 2.45) is 0 Å². The van der Waals surface area contributed by atoms with E-state index < -0.39 is 11.7 Å². The van der Waals surface area contributed by atoms with Gasteiger partial charge in [-0.05, 0) is 31.0 Å². The van der Waals surface area contributed by atoms with Crippen molar-refractivity contribution >= 4 is 33.3 Å². The van der Waals surface area contributed by atoms with Crippen LogP contribution in [-0.2, 0) is 9.53 Å². The van der Waals surface area contributed by atoms with Gasteiger partial charge in [0.2, 0.25) is 0 Å². The van der Waals surface area contributed by atoms with Crippen molar-refractivity contribution in [3.8, 4) is 0 Å². The minimum Gasteiger partial charge on any atom is -0.385 e. The maximum absolute atomic E-state index is 11.9. The number of Topliss-reactive ketones (excluding diaryl/α,β-unsaturated/α-hetero) is 1. The van der Waals surface area contributed by atoms with Crippen LogP contribution in [0.1, 0.15) is 22.3 Å². The Morgan fingerprint density at radius 1 is 1.33 bits per heavy atom. The number of carbonyl (C=O) groups is 2. The van der Waals surface area contributed by atoms with Gasteiger partial charge < -0.3 is 9.64 Å². The Balaban J connectivity index is 2.36. The topological polar surface area (TPSA) is 46.6 Å². The molecule has 0 aliphatic carbocycles. The molecule has 0 saturated carbocycles. The molecule has 0 spiro atoms. The lowest BCUT2D eigenvalue weighted by Crippen LogP contribution is -2.31. The summed E-state index contributed by atoms with van der Waals surface area (Å²) in [7, 11) is 1.62. The van der Waals surface area contributed by atoms with Crippen LogP contribution < -0.4 is 4.90 Å². The first-order valence-corrected chi connectivity index (χ1v) is 6.51. The molecule has 1 aromatic carbocycles. The number of ether oxygens (including phenoxy) is 1. The molecule has 1 amide bonds. The number of benzene rings is 1. The molecule has 0 fully saturated rings. The Hall–Kier alpha value is -1.20. The Labute approximate surface area is 114 Å². The summed E-state index contributed by atoms with van der Waals surface area (Å²) >= 11 is 3.34. The van der Waals surface area contributed by atoms with Crippen LogP contribution in [0.5, 0.6) is 0 Å². The molecule has 0 radical (unpaired) electrons. The molecule has 18 heavy (non-hydrogen) atoms. The molecule has 1 aromatic rings. The van der Waals surface area contributed by atoms with Crippen molar-refractivity contribution in [3.63, 3.8) is 0 Å². The molecule has 1 aliphatic rings. The highest BCUT2D eigenvalue weighted by Crippen LogP contribution is 2.34. The molecular formula is C13H14BrNO3. The van der Waals surface area contributed by atoms with E-state index in [0.717, 1.165) is 15.7 Å². The number of aryl methyl sites for hydroxylation is 1. The van der Waals surface area contributed by atoms with Crippen LogP contribution in [0.25, 0.3) is 0 Å². The van der Waals surface area contributed by atoms with Gasteiger partial charge in [-0.2, -0.15) is 0 Å². The van der Waals surface area contributed by atoms with Gasteiger partial charge in [0.25, 0.3) is 11.7 Å². The van der Waals surface area contributed by atoms with Gasteiger partial charge in [0.05, 0.1) is 11.3 Å². The molecule has 1 aliphatic heterocycles. The van der Waals surface area contributed by atoms with E-state index in [9.17, 15) is 9.59 Å². The summed E-state index contributed by atoms with van der Waals surface area (Å²) < 4.78 is 5.79. The van der Waals surface area contributed by atoms with Gasteiger partial charge >= 0.3 is 0 Å². The van der Waals surface area contributed by atoms with Crippen LogP contribution in [0.2, 0.25) is 0 Å². The summed E-state index contributed by atoms with van der Waals surface area (Å²) in [5.74, 6) is -0.867. The molecule has 4 nitrogen and oxygen atoms in total. The average molecular weight is 312 g/mol. The smallest absolute Gasteiger partial charge is 0.299 e. The minimum atomic E-state index is -0.442. The molecule has 0 saturated heterocycles. The lowest BCUT2D eigenvalue weighted by atomic mass is 10.1. The second kappa shape index (κ2) is 5.20. The number of hydrogen-bond acceptors (Lipinski definition) is 3. The lowest BCUT2D eigenvalue weighted by molar-refractivity contribution is -0.114. The van der Waals surface area contributed by atoms with Gasteiger partial charge in [-0.1, -0.05) is 15.9 Å². The standard InChI is InChI=1S/C13H14BrNO3/c1-8-6-9(14)7-10-11(8)15(4-3-5-18-2)13(17)12(10)16/h6-7H,3-5H2,1-2H3. The minimum absolute atomic E-state index is 0.424. The van der Waals surface area contributed by atoms with Gasteiger partial charge in [0, 0.05) is 24.7 Å². The summed E-state index contributed by atoms with van der Waals surface area (Å²) in [5.41, 5.74) is 2.16. The molecule has 1 heterocycles. The molecule has 96 valence electrons. The fraction of sp³-hybridized carbons (Fsp3) is 0.385. The quantitative estimate of drug-likeness (QED) is 0.633. The third-order valence-electron chi connectivity index (χ3n) is 2.95. The zero-order valence-corrected chi connectivity index (χ0v) is 11.9. The first-order chi connectivity index (χ1) is 8.56. The fourth-order valence-electron chi connectivity index (χ4n) is 2.19. The predicted molar refractivity (Wildman–Crippen MR) is 72.1 cm³/mol. The predicted octanol–water partition coefficient (Wildman–Crippen LogP) is 2.32. The number of halogens is 1. The van der Waals surface area contributed by atoms with Crippen LogP contribution in [0.15, 0.2) is 16.6 Å². The summed E-state index contributed by atoms with van der Waals surface area (Å²) in [4.78, 5) is 25.4. The number of hydrogen-bond donors (Lipinski definition) is 0. The van der Waals surface area contributed by atoms with Crippen molar-refractivity contribution in [3.05, 3.63) is 27.7 Å². The van der Waals surface area contributed by atoms with Crippen molar-refractivity contribution in [2.45, 2.75) is 13.3 Å². The maximum atomic E-state index is 11.9. The number of ketones is 1. The van der Waals surface area contributed by atoms with Crippen LogP contribution in [-0.4, -0.2) is 32.0 Å². The molecule has 0 N–H and O–H groups in total. The van der Waals surface area contributed by atoms with Crippen LogP contribution >= 0.6 is 15.9 Å². The Morgan fingerprint density at radius 3 is 2.72 bits per heavy atom. The van der Waals surface area contributed by atoms with Crippen molar-refractivity contribution < 1.29 is 14.3 Å². The van der Waals surface area contributed by atoms with E-state index in [0.29, 0.717) is 25.1 Å². The normalized spacial score (nSPS) is 14.3. The van der Waals surface area contributed by atoms with E-state index in [2.05, 4.69) is 15.9 Å². The number of anilines is 1. The number of nitrogens with zero attached hydrogens (tertiary/aromatic N) is 1. The third kappa shape index (κ3) is 2.20. The summed E-state index contributed by atoms with van der Waals surface area (Å²) in [5, 5.41) is 0. The highest BCUT2D eigenvalue weighted by Gasteiger charge is 2.36. The lowest BCUT2D eigenvalue weighted by Gasteiger charge is -2.18. The Morgan fingerprint density at radius 2 is 2.06 bits per heavy atom. The number of fused-ring (bicyclic) bond motifs is 1. The molecule has 2 rings (SSSR count). The van der Waals surface area contributed by atoms with Crippen LogP contribution in [0, 0.1) is 6.92 Å². The molecule has 0 aromatic heterocycles. The zero-order valence-electron chi connectivity index (χ0n) is 10.3. The van der Waals surface area contributed by atoms with E-state index in [1.54, 1.807) is 18.1 Å². The molecule has 0 bridgehead atoms. The fourth-order valence-corrected chi connectivity index (χ4v) is 2.76. The summed E-state index contributed by atoms with van der Waals surface area (Å²) in [6.07, 6.45) is 0.713. The third-order valence-corrected chi connectivity index (χ3v) is 3.41. The molecule has 0 unspecified atom stereocenters. The summed E-state index contributed by atoms with van der Waals surface area (Å²) in [6.45, 7) is 2.98. The Kier molecular flexibility index (Phi) is 3.82. The maximum Gasteiger partial charge on any atom is 0.299 e. The van der Waals surface area contributed by atoms with Gasteiger partial charge in [0.1, 0.15) is 0 Å².